The van der Waals surface area contributed by atoms with Gasteiger partial charge in [0.2, 0.25) is 5.91 Å². The van der Waals surface area contributed by atoms with Crippen molar-refractivity contribution >= 4 is 35.5 Å². The van der Waals surface area contributed by atoms with E-state index in [1.165, 1.54) is 11.1 Å². The number of hydrogen-bond acceptors (Lipinski definition) is 9. The number of nitrogens with one attached hydrogen (secondary N) is 1. The fourth-order valence-corrected chi connectivity index (χ4v) is 6.28. The van der Waals surface area contributed by atoms with Gasteiger partial charge in [-0.2, -0.15) is 5.26 Å². The molecular weight excluding hydrogens is 543 g/mol. The quantitative estimate of drug-likeness (QED) is 0.512. The van der Waals surface area contributed by atoms with Crippen LogP contribution in [-0.2, 0) is 17.0 Å². The second-order valence-electron chi connectivity index (χ2n) is 12.1. The third kappa shape index (κ3) is 4.94. The van der Waals surface area contributed by atoms with Gasteiger partial charge in [0, 0.05) is 75.0 Å². The number of nitrogens with zero attached hydrogens (tertiary/aromatic N) is 7. The van der Waals surface area contributed by atoms with E-state index >= 15 is 4.39 Å². The number of anilines is 3. The van der Waals surface area contributed by atoms with Gasteiger partial charge in [-0.3, -0.25) is 24.7 Å². The number of pyridine rings is 2. The maximum Gasteiger partial charge on any atom is 0.328 e. The summed E-state index contributed by atoms with van der Waals surface area (Å²) in [5.41, 5.74) is -0.740. The number of nitriles is 1. The van der Waals surface area contributed by atoms with Gasteiger partial charge in [0.15, 0.2) is 6.29 Å². The number of amides is 3. The first kappa shape index (κ1) is 28.0. The topological polar surface area (TPSA) is 146 Å². The van der Waals surface area contributed by atoms with Crippen molar-refractivity contribution in [2.45, 2.75) is 56.5 Å². The number of alkyl halides is 1. The van der Waals surface area contributed by atoms with E-state index in [1.54, 1.807) is 24.0 Å². The van der Waals surface area contributed by atoms with Crippen molar-refractivity contribution in [2.75, 3.05) is 54.9 Å². The Morgan fingerprint density at radius 2 is 2.00 bits per heavy atom. The Hall–Kier alpha value is -4.15. The number of aromatic nitrogens is 2. The van der Waals surface area contributed by atoms with Crippen LogP contribution in [0.1, 0.15) is 59.8 Å². The number of likely N-dealkylation sites (N-methyl/N-ethyl adjacent to an activating group) is 1. The average molecular weight is 577 g/mol. The Kier molecular flexibility index (Phi) is 6.86. The number of piperidine rings is 1. The highest BCUT2D eigenvalue weighted by molar-refractivity contribution is 6.03. The van der Waals surface area contributed by atoms with Crippen molar-refractivity contribution < 1.29 is 23.9 Å². The molecule has 2 N–H and O–H groups in total. The second-order valence-corrected chi connectivity index (χ2v) is 12.1. The number of aliphatic hydroxyl groups is 1. The normalized spacial score (nSPS) is 24.9. The zero-order chi connectivity index (χ0) is 29.8. The number of rotatable bonds is 5. The Labute approximate surface area is 242 Å². The number of aldehydes is 1. The summed E-state index contributed by atoms with van der Waals surface area (Å²) >= 11 is 0. The summed E-state index contributed by atoms with van der Waals surface area (Å²) in [6.45, 7) is 4.44. The Balaban J connectivity index is 1.27. The van der Waals surface area contributed by atoms with Crippen LogP contribution in [0.4, 0.5) is 26.5 Å². The molecule has 42 heavy (non-hydrogen) atoms. The van der Waals surface area contributed by atoms with Crippen LogP contribution in [-0.4, -0.2) is 94.5 Å². The average Bonchev–Trinajstić information content (AvgIpc) is 2.93. The predicted molar refractivity (Wildman–Crippen MR) is 151 cm³/mol. The summed E-state index contributed by atoms with van der Waals surface area (Å²) in [5, 5.41) is 22.8. The Bertz CT molecular complexity index is 1490. The van der Waals surface area contributed by atoms with Crippen LogP contribution in [0.2, 0.25) is 0 Å². The lowest BCUT2D eigenvalue weighted by molar-refractivity contribution is -0.136. The molecule has 6 heterocycles. The minimum absolute atomic E-state index is 0.0583. The lowest BCUT2D eigenvalue weighted by atomic mass is 9.68. The highest BCUT2D eigenvalue weighted by Crippen LogP contribution is 2.56. The molecule has 1 saturated carbocycles. The van der Waals surface area contributed by atoms with Crippen LogP contribution in [0, 0.1) is 11.3 Å². The van der Waals surface area contributed by atoms with Gasteiger partial charge in [0.05, 0.1) is 23.4 Å². The summed E-state index contributed by atoms with van der Waals surface area (Å²) in [4.78, 5) is 53.9. The van der Waals surface area contributed by atoms with Gasteiger partial charge in [-0.25, -0.2) is 19.2 Å². The zero-order valence-corrected chi connectivity index (χ0v) is 23.6. The Morgan fingerprint density at radius 3 is 2.67 bits per heavy atom. The molecule has 2 bridgehead atoms. The van der Waals surface area contributed by atoms with E-state index in [0.29, 0.717) is 62.1 Å². The summed E-state index contributed by atoms with van der Waals surface area (Å²) in [6, 6.07) is 4.33. The van der Waals surface area contributed by atoms with Crippen LogP contribution < -0.4 is 15.1 Å². The molecule has 2 aromatic heterocycles. The molecule has 2 saturated heterocycles. The number of urea groups is 1. The third-order valence-electron chi connectivity index (χ3n) is 8.93. The number of piperazine rings is 1. The van der Waals surface area contributed by atoms with Gasteiger partial charge >= 0.3 is 6.03 Å². The van der Waals surface area contributed by atoms with Crippen LogP contribution in [0.25, 0.3) is 0 Å². The van der Waals surface area contributed by atoms with E-state index in [9.17, 15) is 24.8 Å². The van der Waals surface area contributed by atoms with Crippen molar-refractivity contribution in [3.05, 3.63) is 40.7 Å². The first-order chi connectivity index (χ1) is 20.0. The standard InChI is InChI=1S/C29H33FN8O4/c1-28(42)3-5-36(6-4-28)23-10-24(32-14-19(23)13-31)34-27(41)38-20-11-29(30,12-20)21-9-18(22(17-39)33-26(21)38)15-37-8-7-35(2)16-25(37)40/h9-10,14,17,20,42H,3-8,11-12,15-16H2,1-2H3,(H,32,34,41). The fourth-order valence-electron chi connectivity index (χ4n) is 6.28. The highest BCUT2D eigenvalue weighted by Gasteiger charge is 2.57. The molecule has 220 valence electrons. The van der Waals surface area contributed by atoms with Crippen LogP contribution >= 0.6 is 0 Å². The van der Waals surface area contributed by atoms with Gasteiger partial charge in [-0.1, -0.05) is 0 Å². The van der Waals surface area contributed by atoms with Crippen LogP contribution in [0.5, 0.6) is 0 Å². The first-order valence-electron chi connectivity index (χ1n) is 14.1. The van der Waals surface area contributed by atoms with E-state index in [1.807, 2.05) is 16.8 Å². The summed E-state index contributed by atoms with van der Waals surface area (Å²) in [7, 11) is 1.86. The molecule has 7 rings (SSSR count). The zero-order valence-electron chi connectivity index (χ0n) is 23.6. The molecule has 3 fully saturated rings. The minimum Gasteiger partial charge on any atom is -0.390 e. The first-order valence-corrected chi connectivity index (χ1v) is 14.1. The summed E-state index contributed by atoms with van der Waals surface area (Å²) in [5.74, 6) is 0.215. The molecule has 5 aliphatic rings. The molecule has 0 radical (unpaired) electrons. The maximum absolute atomic E-state index is 15.9. The van der Waals surface area contributed by atoms with E-state index < -0.39 is 23.3 Å². The second kappa shape index (κ2) is 10.3. The number of carbonyl (C=O) groups is 3. The molecule has 4 aliphatic heterocycles. The molecule has 0 unspecified atom stereocenters. The SMILES string of the molecule is CN1CCN(Cc2cc3c(nc2C=O)N(C(=O)Nc2cc(N4CCC(C)(O)CC4)c(C#N)cn2)C2CC3(F)C2)C(=O)C1. The smallest absolute Gasteiger partial charge is 0.328 e. The molecule has 12 nitrogen and oxygen atoms in total. The maximum atomic E-state index is 15.9. The van der Waals surface area contributed by atoms with Crippen LogP contribution in [0.3, 0.4) is 0 Å². The van der Waals surface area contributed by atoms with Crippen molar-refractivity contribution in [3.63, 3.8) is 0 Å². The van der Waals surface area contributed by atoms with E-state index in [-0.39, 0.29) is 54.7 Å². The van der Waals surface area contributed by atoms with E-state index in [4.69, 9.17) is 0 Å². The molecule has 0 spiro atoms. The van der Waals surface area contributed by atoms with Crippen molar-refractivity contribution in [1.29, 1.82) is 5.26 Å². The Morgan fingerprint density at radius 1 is 1.26 bits per heavy atom. The molecule has 0 atom stereocenters. The van der Waals surface area contributed by atoms with Crippen molar-refractivity contribution in [3.8, 4) is 6.07 Å². The molecule has 3 amide bonds. The van der Waals surface area contributed by atoms with E-state index in [0.717, 1.165) is 0 Å². The van der Waals surface area contributed by atoms with Crippen LogP contribution in [0.15, 0.2) is 18.3 Å². The minimum atomic E-state index is -1.67. The van der Waals surface area contributed by atoms with E-state index in [2.05, 4.69) is 21.4 Å². The fraction of sp³-hybridized carbons (Fsp3) is 0.517. The molecule has 13 heteroatoms. The van der Waals surface area contributed by atoms with Gasteiger partial charge in [-0.05, 0) is 32.9 Å². The predicted octanol–water partition coefficient (Wildman–Crippen LogP) is 2.17. The van der Waals surface area contributed by atoms with Gasteiger partial charge in [0.25, 0.3) is 0 Å². The highest BCUT2D eigenvalue weighted by atomic mass is 19.1. The van der Waals surface area contributed by atoms with Crippen molar-refractivity contribution in [1.82, 2.24) is 19.8 Å². The molecule has 2 aromatic rings. The number of carbonyl (C=O) groups excluding carboxylic acids is 3. The lowest BCUT2D eigenvalue weighted by Gasteiger charge is -2.52. The summed E-state index contributed by atoms with van der Waals surface area (Å²) in [6.07, 6.45) is 3.24. The number of hydrogen-bond donors (Lipinski definition) is 2. The summed E-state index contributed by atoms with van der Waals surface area (Å²) < 4.78 is 15.9. The molecule has 0 aromatic carbocycles. The molecular formula is C29H33FN8O4. The number of halogens is 1. The monoisotopic (exact) mass is 576 g/mol. The largest absolute Gasteiger partial charge is 0.390 e. The van der Waals surface area contributed by atoms with Gasteiger partial charge in [-0.15, -0.1) is 0 Å². The van der Waals surface area contributed by atoms with Crippen molar-refractivity contribution in [2.24, 2.45) is 0 Å². The van der Waals surface area contributed by atoms with Gasteiger partial charge < -0.3 is 14.9 Å². The molecule has 1 aliphatic carbocycles. The third-order valence-corrected chi connectivity index (χ3v) is 8.93. The van der Waals surface area contributed by atoms with Gasteiger partial charge in [0.1, 0.15) is 29.1 Å². The lowest BCUT2D eigenvalue weighted by Crippen LogP contribution is -2.60.